The number of nitrogens with one attached hydrogen (secondary N) is 3. The molecule has 2 fully saturated rings. The minimum Gasteiger partial charge on any atom is -0.465 e. The number of halogens is 2. The number of imidazole rings is 1. The molecule has 6 rings (SSSR count). The van der Waals surface area contributed by atoms with Gasteiger partial charge in [-0.3, -0.25) is 9.59 Å². The van der Waals surface area contributed by atoms with Crippen LogP contribution in [0.25, 0.3) is 33.5 Å². The average Bonchev–Trinajstić information content (AvgIpc) is 3.90. The summed E-state index contributed by atoms with van der Waals surface area (Å²) in [6.45, 7) is 13.8. The number of carboxylic acid groups (broad SMARTS) is 1. The number of hydrogen-bond donors (Lipinski definition) is 4. The summed E-state index contributed by atoms with van der Waals surface area (Å²) < 4.78 is 36.9. The molecule has 4 aromatic rings. The summed E-state index contributed by atoms with van der Waals surface area (Å²) in [7, 11) is 0. The van der Waals surface area contributed by atoms with Gasteiger partial charge in [-0.05, 0) is 101 Å². The van der Waals surface area contributed by atoms with Crippen molar-refractivity contribution >= 4 is 45.9 Å². The number of aromatic nitrogens is 3. The summed E-state index contributed by atoms with van der Waals surface area (Å²) >= 11 is 0. The van der Waals surface area contributed by atoms with Crippen LogP contribution in [0, 0.1) is 23.5 Å². The van der Waals surface area contributed by atoms with Crippen molar-refractivity contribution in [3.63, 3.8) is 0 Å². The van der Waals surface area contributed by atoms with Crippen molar-refractivity contribution in [3.05, 3.63) is 53.6 Å². The van der Waals surface area contributed by atoms with Crippen LogP contribution in [-0.4, -0.2) is 96.3 Å². The maximum atomic E-state index is 14.7. The Balaban J connectivity index is 1.39. The maximum Gasteiger partial charge on any atom is 0.408 e. The summed E-state index contributed by atoms with van der Waals surface area (Å²) in [6.07, 6.45) is 1.23. The Morgan fingerprint density at radius 2 is 1.48 bits per heavy atom. The molecule has 2 aromatic heterocycles. The zero-order valence-corrected chi connectivity index (χ0v) is 33.1. The number of nitrogens with zero attached hydrogens (tertiary/aromatic N) is 4. The lowest BCUT2D eigenvalue weighted by Crippen LogP contribution is -2.53. The molecule has 4 heterocycles. The lowest BCUT2D eigenvalue weighted by molar-refractivity contribution is -0.136. The summed E-state index contributed by atoms with van der Waals surface area (Å²) in [5.41, 5.74) is 2.18. The predicted octanol–water partition coefficient (Wildman–Crippen LogP) is 6.83. The third-order valence-electron chi connectivity index (χ3n) is 10.8. The van der Waals surface area contributed by atoms with E-state index in [1.54, 1.807) is 56.6 Å². The van der Waals surface area contributed by atoms with Gasteiger partial charge in [0.15, 0.2) is 5.82 Å². The van der Waals surface area contributed by atoms with Gasteiger partial charge in [-0.2, -0.15) is 0 Å². The Kier molecular flexibility index (Phi) is 11.6. The van der Waals surface area contributed by atoms with Gasteiger partial charge >= 0.3 is 12.2 Å². The first-order valence-corrected chi connectivity index (χ1v) is 19.5. The molecule has 2 aromatic carbocycles. The number of amides is 4. The third-order valence-corrected chi connectivity index (χ3v) is 10.8. The molecular formula is C41H53F2N7O6. The van der Waals surface area contributed by atoms with E-state index in [4.69, 9.17) is 9.72 Å². The molecule has 302 valence electrons. The van der Waals surface area contributed by atoms with Crippen molar-refractivity contribution in [3.8, 4) is 11.5 Å². The monoisotopic (exact) mass is 777 g/mol. The second-order valence-corrected chi connectivity index (χ2v) is 16.7. The highest BCUT2D eigenvalue weighted by Crippen LogP contribution is 2.37. The van der Waals surface area contributed by atoms with Crippen LogP contribution in [0.5, 0.6) is 0 Å². The van der Waals surface area contributed by atoms with Crippen LogP contribution in [0.15, 0.2) is 36.4 Å². The van der Waals surface area contributed by atoms with E-state index in [-0.39, 0.29) is 35.7 Å². The van der Waals surface area contributed by atoms with E-state index >= 15 is 0 Å². The number of alkyl carbamates (subject to hydrolysis) is 1. The largest absolute Gasteiger partial charge is 0.465 e. The van der Waals surface area contributed by atoms with Gasteiger partial charge < -0.3 is 39.8 Å². The van der Waals surface area contributed by atoms with Crippen LogP contribution < -0.4 is 10.6 Å². The number of benzene rings is 2. The lowest BCUT2D eigenvalue weighted by Gasteiger charge is -2.32. The van der Waals surface area contributed by atoms with Crippen LogP contribution in [0.3, 0.4) is 0 Å². The van der Waals surface area contributed by atoms with Crippen molar-refractivity contribution in [1.82, 2.24) is 35.0 Å². The van der Waals surface area contributed by atoms with Gasteiger partial charge in [0.25, 0.3) is 0 Å². The third kappa shape index (κ3) is 8.61. The van der Waals surface area contributed by atoms with Gasteiger partial charge in [0, 0.05) is 48.7 Å². The van der Waals surface area contributed by atoms with E-state index in [1.807, 2.05) is 18.4 Å². The van der Waals surface area contributed by atoms with E-state index in [0.29, 0.717) is 67.0 Å². The lowest BCUT2D eigenvalue weighted by atomic mass is 9.98. The molecular weight excluding hydrogens is 724 g/mol. The number of rotatable bonds is 11. The number of likely N-dealkylation sites (tertiary alicyclic amines) is 2. The van der Waals surface area contributed by atoms with Crippen molar-refractivity contribution in [2.75, 3.05) is 13.1 Å². The normalized spacial score (nSPS) is 18.6. The Bertz CT molecular complexity index is 2120. The number of aromatic amines is 1. The second kappa shape index (κ2) is 16.1. The molecule has 2 aliphatic rings. The van der Waals surface area contributed by atoms with Gasteiger partial charge in [-0.15, -0.1) is 0 Å². The van der Waals surface area contributed by atoms with E-state index in [0.717, 1.165) is 23.8 Å². The zero-order chi connectivity index (χ0) is 40.6. The topological polar surface area (TPSA) is 162 Å². The number of H-pyrrole nitrogens is 1. The molecule has 0 spiro atoms. The Hall–Kier alpha value is -5.21. The highest BCUT2D eigenvalue weighted by atomic mass is 19.1. The smallest absolute Gasteiger partial charge is 0.408 e. The molecule has 4 amide bonds. The number of ether oxygens (including phenoxy) is 1. The molecule has 2 aliphatic heterocycles. The van der Waals surface area contributed by atoms with E-state index in [2.05, 4.69) is 15.6 Å². The van der Waals surface area contributed by atoms with Crippen LogP contribution in [0.2, 0.25) is 0 Å². The number of carbonyl (C=O) groups excluding carboxylic acids is 3. The molecule has 4 N–H and O–H groups in total. The summed E-state index contributed by atoms with van der Waals surface area (Å²) in [6, 6.07) is 6.51. The number of hydrogen-bond acceptors (Lipinski definition) is 6. The van der Waals surface area contributed by atoms with Crippen molar-refractivity contribution < 1.29 is 37.8 Å². The fraction of sp³-hybridized carbons (Fsp3) is 0.537. The van der Waals surface area contributed by atoms with Crippen molar-refractivity contribution in [2.45, 2.75) is 117 Å². The molecule has 0 saturated carbocycles. The number of fused-ring (bicyclic) bond motifs is 2. The van der Waals surface area contributed by atoms with Gasteiger partial charge in [-0.25, -0.2) is 23.4 Å². The van der Waals surface area contributed by atoms with Crippen molar-refractivity contribution in [1.29, 1.82) is 0 Å². The maximum absolute atomic E-state index is 14.7. The molecule has 0 radical (unpaired) electrons. The minimum absolute atomic E-state index is 0.226. The molecule has 2 saturated heterocycles. The van der Waals surface area contributed by atoms with Gasteiger partial charge in [0.05, 0.1) is 16.7 Å². The summed E-state index contributed by atoms with van der Waals surface area (Å²) in [4.78, 5) is 64.3. The number of carbonyl (C=O) groups is 4. The van der Waals surface area contributed by atoms with Crippen molar-refractivity contribution in [2.24, 2.45) is 11.8 Å². The van der Waals surface area contributed by atoms with Gasteiger partial charge in [0.1, 0.15) is 29.3 Å². The van der Waals surface area contributed by atoms with Crippen LogP contribution >= 0.6 is 0 Å². The van der Waals surface area contributed by atoms with Crippen LogP contribution in [0.4, 0.5) is 18.4 Å². The fourth-order valence-corrected chi connectivity index (χ4v) is 8.16. The molecule has 0 bridgehead atoms. The minimum atomic E-state index is -1.27. The molecule has 15 heteroatoms. The molecule has 13 nitrogen and oxygen atoms in total. The van der Waals surface area contributed by atoms with E-state index < -0.39 is 41.5 Å². The molecule has 56 heavy (non-hydrogen) atoms. The second-order valence-electron chi connectivity index (χ2n) is 16.7. The first-order chi connectivity index (χ1) is 26.4. The van der Waals surface area contributed by atoms with E-state index in [9.17, 15) is 33.1 Å². The molecule has 4 atom stereocenters. The fourth-order valence-electron chi connectivity index (χ4n) is 8.16. The summed E-state index contributed by atoms with van der Waals surface area (Å²) in [5, 5.41) is 15.4. The van der Waals surface area contributed by atoms with Crippen LogP contribution in [0.1, 0.15) is 79.7 Å². The Morgan fingerprint density at radius 1 is 0.893 bits per heavy atom. The summed E-state index contributed by atoms with van der Waals surface area (Å²) in [5.74, 6) is -1.47. The highest BCUT2D eigenvalue weighted by Gasteiger charge is 2.39. The Labute approximate surface area is 325 Å². The van der Waals surface area contributed by atoms with Crippen LogP contribution in [-0.2, 0) is 27.3 Å². The standard InChI is InChI=1S/C41H53F2N7O6/c1-22(2)33(46-39(53)54)37(51)48-16-8-10-26(48)20-29-28-14-12-24(42)18-30(28)44-35(29)36-45-31-19-25(43)13-15-32(31)50(36)21-27-11-9-17-49(27)38(52)34(23(3)4)47-40(55)56-41(5,6)7/h12-15,18-19,22-23,26-27,33-34,44,46H,8-11,16-17,20-21H2,1-7H3,(H,47,55)(H,53,54)/t26-,27-,33?,34?/m0/s1. The van der Waals surface area contributed by atoms with E-state index in [1.165, 1.54) is 24.3 Å². The highest BCUT2D eigenvalue weighted by molar-refractivity contribution is 5.92. The first-order valence-electron chi connectivity index (χ1n) is 19.5. The quantitative estimate of drug-likeness (QED) is 0.130. The van der Waals surface area contributed by atoms with Gasteiger partial charge in [-0.1, -0.05) is 27.7 Å². The van der Waals surface area contributed by atoms with Gasteiger partial charge in [0.2, 0.25) is 11.8 Å². The Morgan fingerprint density at radius 3 is 2.11 bits per heavy atom. The zero-order valence-electron chi connectivity index (χ0n) is 33.1. The average molecular weight is 778 g/mol. The molecule has 2 unspecified atom stereocenters. The predicted molar refractivity (Wildman–Crippen MR) is 208 cm³/mol. The molecule has 0 aliphatic carbocycles. The first kappa shape index (κ1) is 40.5. The SMILES string of the molecule is CC(C)C(NC(=O)O)C(=O)N1CCC[C@H]1Cc1c(-c2nc3cc(F)ccc3n2C[C@@H]2CCCN2C(=O)C(NC(=O)OC(C)(C)C)C(C)C)[nH]c2cc(F)ccc12.